The molecule has 0 radical (unpaired) electrons. The average molecular weight is 304 g/mol. The maximum absolute atomic E-state index is 13.6. The fourth-order valence-corrected chi connectivity index (χ4v) is 1.99. The third-order valence-electron chi connectivity index (χ3n) is 3.15. The van der Waals surface area contributed by atoms with Crippen molar-refractivity contribution in [3.05, 3.63) is 71.3 Å². The summed E-state index contributed by atoms with van der Waals surface area (Å²) in [4.78, 5) is 23.5. The maximum atomic E-state index is 13.6. The number of nitrogens with one attached hydrogen (secondary N) is 1. The monoisotopic (exact) mass is 304 g/mol. The van der Waals surface area contributed by atoms with E-state index in [-0.39, 0.29) is 17.5 Å². The first-order valence-corrected chi connectivity index (χ1v) is 6.57. The molecule has 0 spiro atoms. The highest BCUT2D eigenvalue weighted by Gasteiger charge is 2.22. The molecule has 0 aromatic heterocycles. The summed E-state index contributed by atoms with van der Waals surface area (Å²) in [6, 6.07) is 10.1. The van der Waals surface area contributed by atoms with Crippen molar-refractivity contribution in [2.24, 2.45) is 5.73 Å². The minimum Gasteiger partial charge on any atom is -0.368 e. The van der Waals surface area contributed by atoms with Gasteiger partial charge < -0.3 is 11.1 Å². The molecule has 1 atom stereocenters. The number of rotatable bonds is 5. The van der Waals surface area contributed by atoms with Gasteiger partial charge in [-0.15, -0.1) is 0 Å². The number of amides is 2. The van der Waals surface area contributed by atoms with Gasteiger partial charge >= 0.3 is 0 Å². The van der Waals surface area contributed by atoms with Crippen molar-refractivity contribution < 1.29 is 18.4 Å². The van der Waals surface area contributed by atoms with Gasteiger partial charge in [0.25, 0.3) is 5.91 Å². The van der Waals surface area contributed by atoms with Crippen molar-refractivity contribution in [2.45, 2.75) is 12.5 Å². The highest BCUT2D eigenvalue weighted by atomic mass is 19.1. The molecule has 0 heterocycles. The first-order valence-electron chi connectivity index (χ1n) is 6.57. The third-order valence-corrected chi connectivity index (χ3v) is 3.15. The van der Waals surface area contributed by atoms with E-state index in [0.29, 0.717) is 0 Å². The Balaban J connectivity index is 2.16. The third kappa shape index (κ3) is 3.66. The first kappa shape index (κ1) is 15.6. The molecule has 0 saturated carbocycles. The zero-order chi connectivity index (χ0) is 16.1. The predicted molar refractivity (Wildman–Crippen MR) is 77.0 cm³/mol. The van der Waals surface area contributed by atoms with Gasteiger partial charge in [0, 0.05) is 6.42 Å². The Bertz CT molecular complexity index is 704. The Labute approximate surface area is 125 Å². The second kappa shape index (κ2) is 6.80. The number of benzene rings is 2. The quantitative estimate of drug-likeness (QED) is 0.884. The van der Waals surface area contributed by atoms with Crippen LogP contribution >= 0.6 is 0 Å². The Morgan fingerprint density at radius 2 is 1.59 bits per heavy atom. The van der Waals surface area contributed by atoms with Gasteiger partial charge in [0.1, 0.15) is 17.7 Å². The lowest BCUT2D eigenvalue weighted by molar-refractivity contribution is -0.119. The number of nitrogens with two attached hydrogens (primary N) is 1. The van der Waals surface area contributed by atoms with Gasteiger partial charge in [-0.2, -0.15) is 0 Å². The average Bonchev–Trinajstić information content (AvgIpc) is 2.49. The summed E-state index contributed by atoms with van der Waals surface area (Å²) < 4.78 is 27.2. The van der Waals surface area contributed by atoms with Gasteiger partial charge in [-0.25, -0.2) is 8.78 Å². The predicted octanol–water partition coefficient (Wildman–Crippen LogP) is 1.79. The molecule has 0 unspecified atom stereocenters. The van der Waals surface area contributed by atoms with E-state index in [4.69, 9.17) is 5.73 Å². The van der Waals surface area contributed by atoms with Gasteiger partial charge in [0.2, 0.25) is 5.91 Å². The molecule has 3 N–H and O–H groups in total. The van der Waals surface area contributed by atoms with Crippen molar-refractivity contribution >= 4 is 11.8 Å². The van der Waals surface area contributed by atoms with Crippen molar-refractivity contribution in [3.63, 3.8) is 0 Å². The molecule has 0 fully saturated rings. The zero-order valence-electron chi connectivity index (χ0n) is 11.6. The lowest BCUT2D eigenvalue weighted by Crippen LogP contribution is -2.46. The minimum atomic E-state index is -1.14. The molecule has 2 rings (SSSR count). The van der Waals surface area contributed by atoms with E-state index in [2.05, 4.69) is 5.32 Å². The molecule has 2 aromatic rings. The second-order valence-corrected chi connectivity index (χ2v) is 4.70. The van der Waals surface area contributed by atoms with Crippen molar-refractivity contribution in [1.82, 2.24) is 5.32 Å². The zero-order valence-corrected chi connectivity index (χ0v) is 11.6. The standard InChI is InChI=1S/C16H14F2N2O2/c17-12-7-3-1-5-10(12)9-14(15(19)21)20-16(22)11-6-2-4-8-13(11)18/h1-8,14H,9H2,(H2,19,21)(H,20,22)/t14-/m1/s1. The molecule has 22 heavy (non-hydrogen) atoms. The molecule has 4 nitrogen and oxygen atoms in total. The number of halogens is 2. The Morgan fingerprint density at radius 1 is 1.00 bits per heavy atom. The molecule has 0 bridgehead atoms. The van der Waals surface area contributed by atoms with Crippen molar-refractivity contribution in [3.8, 4) is 0 Å². The van der Waals surface area contributed by atoms with Crippen LogP contribution in [0, 0.1) is 11.6 Å². The van der Waals surface area contributed by atoms with Crippen LogP contribution in [0.25, 0.3) is 0 Å². The number of carbonyl (C=O) groups is 2. The fourth-order valence-electron chi connectivity index (χ4n) is 1.99. The SMILES string of the molecule is NC(=O)[C@@H](Cc1ccccc1F)NC(=O)c1ccccc1F. The van der Waals surface area contributed by atoms with E-state index in [1.165, 1.54) is 36.4 Å². The Kier molecular flexibility index (Phi) is 4.83. The highest BCUT2D eigenvalue weighted by Crippen LogP contribution is 2.11. The van der Waals surface area contributed by atoms with Crippen LogP contribution in [0.15, 0.2) is 48.5 Å². The summed E-state index contributed by atoms with van der Waals surface area (Å²) in [5, 5.41) is 2.33. The van der Waals surface area contributed by atoms with E-state index in [1.807, 2.05) is 0 Å². The summed E-state index contributed by atoms with van der Waals surface area (Å²) in [7, 11) is 0. The smallest absolute Gasteiger partial charge is 0.254 e. The molecular weight excluding hydrogens is 290 g/mol. The van der Waals surface area contributed by atoms with Crippen LogP contribution in [-0.4, -0.2) is 17.9 Å². The number of primary amides is 1. The van der Waals surface area contributed by atoms with Crippen LogP contribution in [0.3, 0.4) is 0 Å². The van der Waals surface area contributed by atoms with Gasteiger partial charge in [0.15, 0.2) is 0 Å². The topological polar surface area (TPSA) is 72.2 Å². The molecule has 0 aliphatic heterocycles. The van der Waals surface area contributed by atoms with E-state index in [1.54, 1.807) is 6.07 Å². The molecule has 114 valence electrons. The van der Waals surface area contributed by atoms with Crippen molar-refractivity contribution in [2.75, 3.05) is 0 Å². The number of hydrogen-bond donors (Lipinski definition) is 2. The van der Waals surface area contributed by atoms with Gasteiger partial charge in [-0.3, -0.25) is 9.59 Å². The van der Waals surface area contributed by atoms with E-state index in [0.717, 1.165) is 6.07 Å². The van der Waals surface area contributed by atoms with E-state index in [9.17, 15) is 18.4 Å². The molecule has 2 aromatic carbocycles. The Hall–Kier alpha value is -2.76. The summed E-state index contributed by atoms with van der Waals surface area (Å²) in [6.45, 7) is 0. The molecule has 2 amide bonds. The lowest BCUT2D eigenvalue weighted by atomic mass is 10.0. The van der Waals surface area contributed by atoms with E-state index >= 15 is 0 Å². The van der Waals surface area contributed by atoms with Crippen LogP contribution in [0.1, 0.15) is 15.9 Å². The minimum absolute atomic E-state index is 0.109. The van der Waals surface area contributed by atoms with Crippen LogP contribution < -0.4 is 11.1 Å². The summed E-state index contributed by atoms with van der Waals surface area (Å²) in [6.07, 6.45) is -0.109. The molecule has 0 saturated heterocycles. The summed E-state index contributed by atoms with van der Waals surface area (Å²) >= 11 is 0. The normalized spacial score (nSPS) is 11.7. The van der Waals surface area contributed by atoms with Crippen LogP contribution in [0.4, 0.5) is 8.78 Å². The van der Waals surface area contributed by atoms with Gasteiger partial charge in [-0.05, 0) is 23.8 Å². The molecule has 0 aliphatic rings. The molecular formula is C16H14F2N2O2. The van der Waals surface area contributed by atoms with Crippen LogP contribution in [-0.2, 0) is 11.2 Å². The summed E-state index contributed by atoms with van der Waals surface area (Å²) in [5.74, 6) is -2.82. The number of carbonyl (C=O) groups excluding carboxylic acids is 2. The highest BCUT2D eigenvalue weighted by molar-refractivity contribution is 5.97. The molecule has 0 aliphatic carbocycles. The maximum Gasteiger partial charge on any atom is 0.254 e. The van der Waals surface area contributed by atoms with Gasteiger partial charge in [0.05, 0.1) is 5.56 Å². The molecule has 6 heteroatoms. The second-order valence-electron chi connectivity index (χ2n) is 4.70. The van der Waals surface area contributed by atoms with Crippen LogP contribution in [0.2, 0.25) is 0 Å². The summed E-state index contributed by atoms with van der Waals surface area (Å²) in [5.41, 5.74) is 5.26. The van der Waals surface area contributed by atoms with Crippen molar-refractivity contribution in [1.29, 1.82) is 0 Å². The van der Waals surface area contributed by atoms with E-state index < -0.39 is 29.5 Å². The largest absolute Gasteiger partial charge is 0.368 e. The Morgan fingerprint density at radius 3 is 2.18 bits per heavy atom. The first-order chi connectivity index (χ1) is 10.5. The van der Waals surface area contributed by atoms with Crippen LogP contribution in [0.5, 0.6) is 0 Å². The fraction of sp³-hybridized carbons (Fsp3) is 0.125. The van der Waals surface area contributed by atoms with Gasteiger partial charge in [-0.1, -0.05) is 30.3 Å². The lowest BCUT2D eigenvalue weighted by Gasteiger charge is -2.16. The number of hydrogen-bond acceptors (Lipinski definition) is 2.